The molecule has 0 saturated heterocycles. The van der Waals surface area contributed by atoms with E-state index in [1.807, 2.05) is 0 Å². The zero-order valence-corrected chi connectivity index (χ0v) is 9.55. The SMILES string of the molecule is CC1(C)[C@@H]2CC[C@@]1(C)[C@@H](OCCO)C2. The van der Waals surface area contributed by atoms with Crippen LogP contribution in [-0.4, -0.2) is 24.4 Å². The van der Waals surface area contributed by atoms with Crippen LogP contribution in [0, 0.1) is 16.7 Å². The second kappa shape index (κ2) is 3.21. The lowest BCUT2D eigenvalue weighted by molar-refractivity contribution is -0.0562. The lowest BCUT2D eigenvalue weighted by atomic mass is 9.70. The summed E-state index contributed by atoms with van der Waals surface area (Å²) in [6.45, 7) is 7.78. The van der Waals surface area contributed by atoms with Crippen LogP contribution in [0.5, 0.6) is 0 Å². The quantitative estimate of drug-likeness (QED) is 0.753. The summed E-state index contributed by atoms with van der Waals surface area (Å²) in [4.78, 5) is 0. The second-order valence-electron chi connectivity index (χ2n) is 5.69. The van der Waals surface area contributed by atoms with E-state index < -0.39 is 0 Å². The molecule has 2 rings (SSSR count). The lowest BCUT2D eigenvalue weighted by Crippen LogP contribution is -2.37. The van der Waals surface area contributed by atoms with Crippen molar-refractivity contribution in [1.29, 1.82) is 0 Å². The molecule has 0 aromatic carbocycles. The van der Waals surface area contributed by atoms with Crippen LogP contribution in [0.1, 0.15) is 40.0 Å². The van der Waals surface area contributed by atoms with Crippen LogP contribution in [0.2, 0.25) is 0 Å². The third kappa shape index (κ3) is 1.17. The molecule has 0 amide bonds. The number of hydrogen-bond acceptors (Lipinski definition) is 2. The summed E-state index contributed by atoms with van der Waals surface area (Å²) in [6.07, 6.45) is 4.23. The summed E-state index contributed by atoms with van der Waals surface area (Å²) >= 11 is 0. The summed E-state index contributed by atoms with van der Waals surface area (Å²) < 4.78 is 5.77. The fourth-order valence-electron chi connectivity index (χ4n) is 3.58. The average molecular weight is 198 g/mol. The van der Waals surface area contributed by atoms with E-state index in [0.717, 1.165) is 5.92 Å². The highest BCUT2D eigenvalue weighted by Gasteiger charge is 2.61. The Kier molecular flexibility index (Phi) is 2.39. The molecule has 0 aromatic rings. The van der Waals surface area contributed by atoms with Crippen LogP contribution in [-0.2, 0) is 4.74 Å². The van der Waals surface area contributed by atoms with Gasteiger partial charge >= 0.3 is 0 Å². The number of rotatable bonds is 3. The molecule has 2 aliphatic rings. The molecular formula is C12H22O2. The van der Waals surface area contributed by atoms with Gasteiger partial charge in [0.05, 0.1) is 19.3 Å². The molecule has 14 heavy (non-hydrogen) atoms. The number of hydrogen-bond donors (Lipinski definition) is 1. The summed E-state index contributed by atoms with van der Waals surface area (Å²) in [6, 6.07) is 0. The van der Waals surface area contributed by atoms with Crippen molar-refractivity contribution in [2.45, 2.75) is 46.1 Å². The average Bonchev–Trinajstić information content (AvgIpc) is 2.46. The molecule has 2 aliphatic carbocycles. The zero-order valence-electron chi connectivity index (χ0n) is 9.55. The Morgan fingerprint density at radius 1 is 1.36 bits per heavy atom. The van der Waals surface area contributed by atoms with E-state index in [1.54, 1.807) is 0 Å². The van der Waals surface area contributed by atoms with Crippen LogP contribution >= 0.6 is 0 Å². The molecule has 0 radical (unpaired) electrons. The molecule has 82 valence electrons. The van der Waals surface area contributed by atoms with Crippen molar-refractivity contribution < 1.29 is 9.84 Å². The monoisotopic (exact) mass is 198 g/mol. The van der Waals surface area contributed by atoms with Crippen molar-refractivity contribution in [3.8, 4) is 0 Å². The first-order chi connectivity index (χ1) is 6.52. The Balaban J connectivity index is 2.11. The van der Waals surface area contributed by atoms with Gasteiger partial charge in [0.2, 0.25) is 0 Å². The van der Waals surface area contributed by atoms with Crippen molar-refractivity contribution in [2.75, 3.05) is 13.2 Å². The van der Waals surface area contributed by atoms with Crippen molar-refractivity contribution >= 4 is 0 Å². The molecule has 3 atom stereocenters. The van der Waals surface area contributed by atoms with Gasteiger partial charge in [0.25, 0.3) is 0 Å². The third-order valence-electron chi connectivity index (χ3n) is 5.12. The van der Waals surface area contributed by atoms with Gasteiger partial charge in [0, 0.05) is 0 Å². The highest BCUT2D eigenvalue weighted by Crippen LogP contribution is 2.66. The predicted molar refractivity (Wildman–Crippen MR) is 56.1 cm³/mol. The lowest BCUT2D eigenvalue weighted by Gasteiger charge is -2.38. The first kappa shape index (κ1) is 10.4. The summed E-state index contributed by atoms with van der Waals surface area (Å²) in [7, 11) is 0. The van der Waals surface area contributed by atoms with Crippen LogP contribution in [0.3, 0.4) is 0 Å². The topological polar surface area (TPSA) is 29.5 Å². The molecule has 2 nitrogen and oxygen atoms in total. The van der Waals surface area contributed by atoms with Crippen LogP contribution in [0.4, 0.5) is 0 Å². The molecule has 2 bridgehead atoms. The van der Waals surface area contributed by atoms with Gasteiger partial charge in [-0.15, -0.1) is 0 Å². The minimum Gasteiger partial charge on any atom is -0.394 e. The number of fused-ring (bicyclic) bond motifs is 2. The largest absolute Gasteiger partial charge is 0.394 e. The normalized spacial score (nSPS) is 44.6. The van der Waals surface area contributed by atoms with Gasteiger partial charge in [-0.1, -0.05) is 20.8 Å². The van der Waals surface area contributed by atoms with Crippen molar-refractivity contribution in [2.24, 2.45) is 16.7 Å². The van der Waals surface area contributed by atoms with E-state index in [-0.39, 0.29) is 6.61 Å². The number of ether oxygens (including phenoxy) is 1. The molecule has 2 heteroatoms. The molecular weight excluding hydrogens is 176 g/mol. The Hall–Kier alpha value is -0.0800. The van der Waals surface area contributed by atoms with Gasteiger partial charge in [0.1, 0.15) is 0 Å². The minimum absolute atomic E-state index is 0.150. The van der Waals surface area contributed by atoms with Crippen LogP contribution in [0.15, 0.2) is 0 Å². The highest BCUT2D eigenvalue weighted by atomic mass is 16.5. The van der Waals surface area contributed by atoms with E-state index in [1.165, 1.54) is 19.3 Å². The molecule has 0 unspecified atom stereocenters. The molecule has 1 N–H and O–H groups in total. The van der Waals surface area contributed by atoms with Gasteiger partial charge in [-0.05, 0) is 36.0 Å². The molecule has 2 fully saturated rings. The summed E-state index contributed by atoms with van der Waals surface area (Å²) in [5.74, 6) is 0.830. The minimum atomic E-state index is 0.150. The highest BCUT2D eigenvalue weighted by molar-refractivity contribution is 5.11. The Morgan fingerprint density at radius 2 is 2.07 bits per heavy atom. The van der Waals surface area contributed by atoms with E-state index in [9.17, 15) is 0 Å². The van der Waals surface area contributed by atoms with Crippen LogP contribution in [0.25, 0.3) is 0 Å². The predicted octanol–water partition coefficient (Wildman–Crippen LogP) is 2.21. The van der Waals surface area contributed by atoms with Crippen molar-refractivity contribution in [3.63, 3.8) is 0 Å². The number of aliphatic hydroxyl groups is 1. The number of aliphatic hydroxyl groups excluding tert-OH is 1. The van der Waals surface area contributed by atoms with Crippen molar-refractivity contribution in [1.82, 2.24) is 0 Å². The van der Waals surface area contributed by atoms with Crippen molar-refractivity contribution in [3.05, 3.63) is 0 Å². The van der Waals surface area contributed by atoms with E-state index in [0.29, 0.717) is 23.5 Å². The Labute approximate surface area is 86.6 Å². The summed E-state index contributed by atoms with van der Waals surface area (Å²) in [5.41, 5.74) is 0.764. The molecule has 0 aliphatic heterocycles. The zero-order chi connectivity index (χ0) is 10.4. The van der Waals surface area contributed by atoms with Gasteiger partial charge in [-0.25, -0.2) is 0 Å². The van der Waals surface area contributed by atoms with Gasteiger partial charge in [-0.2, -0.15) is 0 Å². The Bertz CT molecular complexity index is 224. The maximum atomic E-state index is 8.79. The fourth-order valence-corrected chi connectivity index (χ4v) is 3.58. The smallest absolute Gasteiger partial charge is 0.0701 e. The second-order valence-corrected chi connectivity index (χ2v) is 5.69. The molecule has 0 heterocycles. The van der Waals surface area contributed by atoms with Gasteiger partial charge < -0.3 is 9.84 Å². The third-order valence-corrected chi connectivity index (χ3v) is 5.12. The maximum Gasteiger partial charge on any atom is 0.0701 e. The first-order valence-corrected chi connectivity index (χ1v) is 5.75. The molecule has 0 aromatic heterocycles. The molecule has 2 saturated carbocycles. The van der Waals surface area contributed by atoms with E-state index in [2.05, 4.69) is 20.8 Å². The van der Waals surface area contributed by atoms with E-state index in [4.69, 9.17) is 9.84 Å². The van der Waals surface area contributed by atoms with Crippen LogP contribution < -0.4 is 0 Å². The van der Waals surface area contributed by atoms with Gasteiger partial charge in [-0.3, -0.25) is 0 Å². The van der Waals surface area contributed by atoms with Gasteiger partial charge in [0.15, 0.2) is 0 Å². The maximum absolute atomic E-state index is 8.79. The van der Waals surface area contributed by atoms with E-state index >= 15 is 0 Å². The first-order valence-electron chi connectivity index (χ1n) is 5.75. The Morgan fingerprint density at radius 3 is 2.50 bits per heavy atom. The fraction of sp³-hybridized carbons (Fsp3) is 1.00. The summed E-state index contributed by atoms with van der Waals surface area (Å²) in [5, 5.41) is 8.79. The standard InChI is InChI=1S/C12H22O2/c1-11(2)9-4-5-12(11,3)10(8-9)14-7-6-13/h9-10,13H,4-8H2,1-3H3/t9-,10+,12+/m1/s1. The molecule has 0 spiro atoms.